The van der Waals surface area contributed by atoms with Gasteiger partial charge in [0.25, 0.3) is 0 Å². The van der Waals surface area contributed by atoms with Crippen LogP contribution in [0.1, 0.15) is 52.9 Å². The second-order valence-corrected chi connectivity index (χ2v) is 5.31. The molecule has 1 fully saturated rings. The van der Waals surface area contributed by atoms with Gasteiger partial charge in [0.2, 0.25) is 0 Å². The molecule has 0 aliphatic heterocycles. The Balaban J connectivity index is 2.45. The second kappa shape index (κ2) is 8.06. The van der Waals surface area contributed by atoms with E-state index in [9.17, 15) is 0 Å². The van der Waals surface area contributed by atoms with Crippen molar-refractivity contribution in [3.05, 3.63) is 0 Å². The molecule has 0 radical (unpaired) electrons. The number of rotatable bonds is 7. The SMILES string of the molecule is CCCN(C(C)COCC)C1CCC(N)CC1. The van der Waals surface area contributed by atoms with E-state index in [-0.39, 0.29) is 0 Å². The molecule has 17 heavy (non-hydrogen) atoms. The van der Waals surface area contributed by atoms with Crippen LogP contribution in [-0.2, 0) is 4.74 Å². The normalized spacial score (nSPS) is 27.4. The van der Waals surface area contributed by atoms with Gasteiger partial charge >= 0.3 is 0 Å². The van der Waals surface area contributed by atoms with Crippen LogP contribution in [0, 0.1) is 0 Å². The van der Waals surface area contributed by atoms with Gasteiger partial charge in [-0.05, 0) is 52.5 Å². The zero-order valence-corrected chi connectivity index (χ0v) is 11.8. The van der Waals surface area contributed by atoms with Gasteiger partial charge in [-0.3, -0.25) is 4.90 Å². The first kappa shape index (κ1) is 14.9. The van der Waals surface area contributed by atoms with E-state index in [1.165, 1.54) is 38.6 Å². The van der Waals surface area contributed by atoms with Crippen molar-refractivity contribution in [3.63, 3.8) is 0 Å². The first-order valence-corrected chi connectivity index (χ1v) is 7.28. The molecular weight excluding hydrogens is 212 g/mol. The largest absolute Gasteiger partial charge is 0.380 e. The molecule has 1 unspecified atom stereocenters. The summed E-state index contributed by atoms with van der Waals surface area (Å²) in [6.45, 7) is 9.48. The smallest absolute Gasteiger partial charge is 0.0619 e. The average molecular weight is 242 g/mol. The van der Waals surface area contributed by atoms with Crippen LogP contribution < -0.4 is 5.73 Å². The minimum absolute atomic E-state index is 0.442. The van der Waals surface area contributed by atoms with Crippen molar-refractivity contribution in [2.75, 3.05) is 19.8 Å². The minimum Gasteiger partial charge on any atom is -0.380 e. The molecule has 1 atom stereocenters. The van der Waals surface area contributed by atoms with Crippen molar-refractivity contribution in [3.8, 4) is 0 Å². The molecule has 0 spiro atoms. The van der Waals surface area contributed by atoms with Gasteiger partial charge in [0.1, 0.15) is 0 Å². The molecule has 1 saturated carbocycles. The second-order valence-electron chi connectivity index (χ2n) is 5.31. The Morgan fingerprint density at radius 1 is 1.24 bits per heavy atom. The predicted octanol–water partition coefficient (Wildman–Crippen LogP) is 2.39. The van der Waals surface area contributed by atoms with Gasteiger partial charge in [0.15, 0.2) is 0 Å². The number of nitrogens with two attached hydrogens (primary N) is 1. The Hall–Kier alpha value is -0.120. The molecular formula is C14H30N2O. The number of ether oxygens (including phenoxy) is 1. The molecule has 3 nitrogen and oxygen atoms in total. The lowest BCUT2D eigenvalue weighted by Gasteiger charge is -2.39. The lowest BCUT2D eigenvalue weighted by Crippen LogP contribution is -2.47. The Kier molecular flexibility index (Phi) is 7.09. The van der Waals surface area contributed by atoms with E-state index in [2.05, 4.69) is 25.7 Å². The molecule has 0 aromatic carbocycles. The first-order chi connectivity index (χ1) is 8.19. The van der Waals surface area contributed by atoms with Crippen LogP contribution in [0.25, 0.3) is 0 Å². The highest BCUT2D eigenvalue weighted by atomic mass is 16.5. The van der Waals surface area contributed by atoms with E-state index >= 15 is 0 Å². The Morgan fingerprint density at radius 2 is 1.88 bits per heavy atom. The van der Waals surface area contributed by atoms with Gasteiger partial charge in [0.05, 0.1) is 6.61 Å². The van der Waals surface area contributed by atoms with Crippen LogP contribution in [0.5, 0.6) is 0 Å². The van der Waals surface area contributed by atoms with Crippen molar-refractivity contribution in [1.82, 2.24) is 4.90 Å². The summed E-state index contributed by atoms with van der Waals surface area (Å²) in [4.78, 5) is 2.64. The van der Waals surface area contributed by atoms with Crippen molar-refractivity contribution >= 4 is 0 Å². The molecule has 0 aromatic heterocycles. The molecule has 2 N–H and O–H groups in total. The summed E-state index contributed by atoms with van der Waals surface area (Å²) in [5.74, 6) is 0. The summed E-state index contributed by atoms with van der Waals surface area (Å²) in [5, 5.41) is 0. The zero-order chi connectivity index (χ0) is 12.7. The van der Waals surface area contributed by atoms with E-state index < -0.39 is 0 Å². The number of hydrogen-bond acceptors (Lipinski definition) is 3. The third-order valence-electron chi connectivity index (χ3n) is 3.82. The first-order valence-electron chi connectivity index (χ1n) is 7.28. The monoisotopic (exact) mass is 242 g/mol. The fraction of sp³-hybridized carbons (Fsp3) is 1.00. The number of hydrogen-bond donors (Lipinski definition) is 1. The highest BCUT2D eigenvalue weighted by molar-refractivity contribution is 4.83. The zero-order valence-electron chi connectivity index (χ0n) is 11.8. The van der Waals surface area contributed by atoms with Crippen LogP contribution in [0.4, 0.5) is 0 Å². The maximum absolute atomic E-state index is 5.98. The van der Waals surface area contributed by atoms with Crippen molar-refractivity contribution < 1.29 is 4.74 Å². The van der Waals surface area contributed by atoms with E-state index in [0.717, 1.165) is 19.3 Å². The topological polar surface area (TPSA) is 38.5 Å². The van der Waals surface area contributed by atoms with Crippen LogP contribution >= 0.6 is 0 Å². The predicted molar refractivity (Wildman–Crippen MR) is 73.2 cm³/mol. The van der Waals surface area contributed by atoms with E-state index in [1.807, 2.05) is 0 Å². The van der Waals surface area contributed by atoms with Crippen LogP contribution in [0.2, 0.25) is 0 Å². The molecule has 1 aliphatic carbocycles. The molecule has 1 aliphatic rings. The van der Waals surface area contributed by atoms with Gasteiger partial charge in [0, 0.05) is 24.7 Å². The molecule has 0 saturated heterocycles. The minimum atomic E-state index is 0.442. The molecule has 1 rings (SSSR count). The average Bonchev–Trinajstić information content (AvgIpc) is 2.34. The summed E-state index contributed by atoms with van der Waals surface area (Å²) < 4.78 is 5.57. The standard InChI is InChI=1S/C14H30N2O/c1-4-10-16(12(3)11-17-5-2)14-8-6-13(15)7-9-14/h12-14H,4-11,15H2,1-3H3. The van der Waals surface area contributed by atoms with Crippen LogP contribution in [-0.4, -0.2) is 42.8 Å². The molecule has 0 amide bonds. The summed E-state index contributed by atoms with van der Waals surface area (Å²) in [6, 6.07) is 1.70. The van der Waals surface area contributed by atoms with Gasteiger partial charge in [-0.15, -0.1) is 0 Å². The van der Waals surface area contributed by atoms with Crippen LogP contribution in [0.15, 0.2) is 0 Å². The molecule has 3 heteroatoms. The summed E-state index contributed by atoms with van der Waals surface area (Å²) in [5.41, 5.74) is 5.98. The van der Waals surface area contributed by atoms with Crippen LogP contribution in [0.3, 0.4) is 0 Å². The highest BCUT2D eigenvalue weighted by Gasteiger charge is 2.26. The maximum Gasteiger partial charge on any atom is 0.0619 e. The quantitative estimate of drug-likeness (QED) is 0.745. The Bertz CT molecular complexity index is 191. The van der Waals surface area contributed by atoms with Crippen molar-refractivity contribution in [2.45, 2.75) is 71.0 Å². The third-order valence-corrected chi connectivity index (χ3v) is 3.82. The third kappa shape index (κ3) is 4.94. The Labute approximate surface area is 107 Å². The highest BCUT2D eigenvalue weighted by Crippen LogP contribution is 2.24. The van der Waals surface area contributed by atoms with Gasteiger partial charge < -0.3 is 10.5 Å². The van der Waals surface area contributed by atoms with Gasteiger partial charge in [-0.25, -0.2) is 0 Å². The van der Waals surface area contributed by atoms with E-state index in [4.69, 9.17) is 10.5 Å². The Morgan fingerprint density at radius 3 is 2.41 bits per heavy atom. The molecule has 0 heterocycles. The number of nitrogens with zero attached hydrogens (tertiary/aromatic N) is 1. The van der Waals surface area contributed by atoms with Gasteiger partial charge in [-0.1, -0.05) is 6.92 Å². The van der Waals surface area contributed by atoms with Gasteiger partial charge in [-0.2, -0.15) is 0 Å². The molecule has 0 bridgehead atoms. The fourth-order valence-corrected chi connectivity index (χ4v) is 2.84. The maximum atomic E-state index is 5.98. The summed E-state index contributed by atoms with van der Waals surface area (Å²) >= 11 is 0. The summed E-state index contributed by atoms with van der Waals surface area (Å²) in [7, 11) is 0. The van der Waals surface area contributed by atoms with Crippen molar-refractivity contribution in [1.29, 1.82) is 0 Å². The fourth-order valence-electron chi connectivity index (χ4n) is 2.84. The van der Waals surface area contributed by atoms with E-state index in [1.54, 1.807) is 0 Å². The van der Waals surface area contributed by atoms with E-state index in [0.29, 0.717) is 12.1 Å². The summed E-state index contributed by atoms with van der Waals surface area (Å²) in [6.07, 6.45) is 6.12. The van der Waals surface area contributed by atoms with Crippen molar-refractivity contribution in [2.24, 2.45) is 5.73 Å². The molecule has 102 valence electrons. The molecule has 0 aromatic rings. The lowest BCUT2D eigenvalue weighted by molar-refractivity contribution is 0.0381. The lowest BCUT2D eigenvalue weighted by atomic mass is 9.90.